The number of benzene rings is 3. The molecule has 0 unspecified atom stereocenters. The fourth-order valence-electron chi connectivity index (χ4n) is 3.26. The van der Waals surface area contributed by atoms with Crippen LogP contribution in [0.1, 0.15) is 18.1 Å². The highest BCUT2D eigenvalue weighted by atomic mass is 35.5. The van der Waals surface area contributed by atoms with Gasteiger partial charge in [0.1, 0.15) is 11.5 Å². The molecule has 1 heterocycles. The van der Waals surface area contributed by atoms with Crippen LogP contribution in [0, 0.1) is 6.92 Å². The number of fused-ring (bicyclic) bond motifs is 1. The van der Waals surface area contributed by atoms with Gasteiger partial charge in [0.2, 0.25) is 0 Å². The van der Waals surface area contributed by atoms with Crippen molar-refractivity contribution in [3.8, 4) is 11.5 Å². The minimum Gasteiger partial charge on any atom is -0.494 e. The number of carbonyl (C=O) groups excluding carboxylic acids is 1. The van der Waals surface area contributed by atoms with Gasteiger partial charge < -0.3 is 9.47 Å². The van der Waals surface area contributed by atoms with Crippen molar-refractivity contribution >= 4 is 44.2 Å². The van der Waals surface area contributed by atoms with Gasteiger partial charge in [-0.3, -0.25) is 9.69 Å². The summed E-state index contributed by atoms with van der Waals surface area (Å²) in [7, 11) is 0. The van der Waals surface area contributed by atoms with Crippen molar-refractivity contribution in [1.82, 2.24) is 4.98 Å². The largest absolute Gasteiger partial charge is 0.494 e. The molecule has 0 atom stereocenters. The van der Waals surface area contributed by atoms with E-state index in [4.69, 9.17) is 26.1 Å². The summed E-state index contributed by atoms with van der Waals surface area (Å²) in [5.74, 6) is 1.18. The Balaban J connectivity index is 1.58. The Morgan fingerprint density at radius 1 is 1.00 bits per heavy atom. The van der Waals surface area contributed by atoms with E-state index in [1.54, 1.807) is 17.0 Å². The molecule has 4 rings (SSSR count). The van der Waals surface area contributed by atoms with Gasteiger partial charge >= 0.3 is 0 Å². The number of ether oxygens (including phenoxy) is 2. The van der Waals surface area contributed by atoms with Gasteiger partial charge in [-0.1, -0.05) is 59.3 Å². The van der Waals surface area contributed by atoms with Crippen molar-refractivity contribution in [2.24, 2.45) is 0 Å². The standard InChI is InChI=1S/C25H23ClN2O3S/c1-3-30-19-10-12-20(13-11-19)31-16-22(29)28(15-18-7-5-4-6-8-18)25-27-23-17(2)9-14-21(26)24(23)32-25/h4-14H,3,15-16H2,1-2H3. The molecule has 0 radical (unpaired) electrons. The van der Waals surface area contributed by atoms with E-state index in [1.165, 1.54) is 11.3 Å². The zero-order valence-electron chi connectivity index (χ0n) is 17.9. The van der Waals surface area contributed by atoms with Gasteiger partial charge in [0.25, 0.3) is 5.91 Å². The van der Waals surface area contributed by atoms with Gasteiger partial charge in [-0.05, 0) is 55.3 Å². The lowest BCUT2D eigenvalue weighted by Crippen LogP contribution is -2.34. The quantitative estimate of drug-likeness (QED) is 0.307. The molecule has 3 aromatic carbocycles. The van der Waals surface area contributed by atoms with Gasteiger partial charge in [-0.25, -0.2) is 4.98 Å². The van der Waals surface area contributed by atoms with Crippen LogP contribution in [0.5, 0.6) is 11.5 Å². The third kappa shape index (κ3) is 5.03. The summed E-state index contributed by atoms with van der Waals surface area (Å²) >= 11 is 7.81. The molecule has 1 aromatic heterocycles. The number of amides is 1. The number of nitrogens with zero attached hydrogens (tertiary/aromatic N) is 2. The number of halogens is 1. The lowest BCUT2D eigenvalue weighted by Gasteiger charge is -2.20. The predicted octanol–water partition coefficient (Wildman–Crippen LogP) is 6.27. The first-order chi connectivity index (χ1) is 15.5. The summed E-state index contributed by atoms with van der Waals surface area (Å²) in [6, 6.07) is 20.9. The van der Waals surface area contributed by atoms with Gasteiger partial charge in [0.05, 0.1) is 28.4 Å². The Hall–Kier alpha value is -3.09. The number of carbonyl (C=O) groups is 1. The molecule has 164 valence electrons. The van der Waals surface area contributed by atoms with Crippen molar-refractivity contribution in [2.45, 2.75) is 20.4 Å². The SMILES string of the molecule is CCOc1ccc(OCC(=O)N(Cc2ccccc2)c2nc3c(C)ccc(Cl)c3s2)cc1. The molecule has 0 N–H and O–H groups in total. The first kappa shape index (κ1) is 22.1. The van der Waals surface area contributed by atoms with E-state index in [-0.39, 0.29) is 12.5 Å². The first-order valence-corrected chi connectivity index (χ1v) is 11.5. The molecule has 0 aliphatic carbocycles. The number of aromatic nitrogens is 1. The molecule has 0 fully saturated rings. The van der Waals surface area contributed by atoms with Crippen LogP contribution in [-0.4, -0.2) is 24.1 Å². The minimum atomic E-state index is -0.185. The van der Waals surface area contributed by atoms with Crippen LogP contribution in [0.25, 0.3) is 10.2 Å². The topological polar surface area (TPSA) is 51.7 Å². The highest BCUT2D eigenvalue weighted by molar-refractivity contribution is 7.23. The third-order valence-electron chi connectivity index (χ3n) is 4.90. The lowest BCUT2D eigenvalue weighted by molar-refractivity contribution is -0.120. The molecule has 0 aliphatic heterocycles. The van der Waals surface area contributed by atoms with Gasteiger partial charge in [0, 0.05) is 0 Å². The second kappa shape index (κ2) is 10.0. The van der Waals surface area contributed by atoms with Crippen molar-refractivity contribution in [3.05, 3.63) is 82.9 Å². The monoisotopic (exact) mass is 466 g/mol. The van der Waals surface area contributed by atoms with E-state index >= 15 is 0 Å². The maximum atomic E-state index is 13.2. The molecule has 32 heavy (non-hydrogen) atoms. The molecule has 0 spiro atoms. The second-order valence-corrected chi connectivity index (χ2v) is 8.58. The van der Waals surface area contributed by atoms with Crippen LogP contribution < -0.4 is 14.4 Å². The normalized spacial score (nSPS) is 10.8. The van der Waals surface area contributed by atoms with Crippen LogP contribution in [0.2, 0.25) is 5.02 Å². The number of rotatable bonds is 8. The summed E-state index contributed by atoms with van der Waals surface area (Å²) in [5, 5.41) is 1.23. The summed E-state index contributed by atoms with van der Waals surface area (Å²) in [6.07, 6.45) is 0. The fraction of sp³-hybridized carbons (Fsp3) is 0.200. The Labute approximate surface area is 196 Å². The first-order valence-electron chi connectivity index (χ1n) is 10.3. The molecule has 1 amide bonds. The highest BCUT2D eigenvalue weighted by Crippen LogP contribution is 2.36. The number of hydrogen-bond acceptors (Lipinski definition) is 5. The van der Waals surface area contributed by atoms with Gasteiger partial charge in [0.15, 0.2) is 11.7 Å². The minimum absolute atomic E-state index is 0.108. The average Bonchev–Trinajstić information content (AvgIpc) is 3.27. The van der Waals surface area contributed by atoms with Crippen LogP contribution in [0.3, 0.4) is 0 Å². The number of thiazole rings is 1. The van der Waals surface area contributed by atoms with E-state index in [9.17, 15) is 4.79 Å². The smallest absolute Gasteiger partial charge is 0.267 e. The van der Waals surface area contributed by atoms with Crippen LogP contribution in [0.4, 0.5) is 5.13 Å². The highest BCUT2D eigenvalue weighted by Gasteiger charge is 2.22. The second-order valence-electron chi connectivity index (χ2n) is 7.20. The van der Waals surface area contributed by atoms with Gasteiger partial charge in [-0.2, -0.15) is 0 Å². The van der Waals surface area contributed by atoms with E-state index in [0.717, 1.165) is 27.1 Å². The van der Waals surface area contributed by atoms with E-state index in [1.807, 2.05) is 68.4 Å². The molecule has 0 aliphatic rings. The summed E-state index contributed by atoms with van der Waals surface area (Å²) in [4.78, 5) is 19.6. The predicted molar refractivity (Wildman–Crippen MR) is 130 cm³/mol. The molecule has 0 saturated carbocycles. The van der Waals surface area contributed by atoms with Crippen molar-refractivity contribution in [1.29, 1.82) is 0 Å². The number of anilines is 1. The summed E-state index contributed by atoms with van der Waals surface area (Å²) in [6.45, 7) is 4.80. The summed E-state index contributed by atoms with van der Waals surface area (Å²) in [5.41, 5.74) is 2.84. The molecule has 4 aromatic rings. The third-order valence-corrected chi connectivity index (χ3v) is 6.44. The van der Waals surface area contributed by atoms with E-state index in [2.05, 4.69) is 0 Å². The molecular weight excluding hydrogens is 444 g/mol. The Morgan fingerprint density at radius 2 is 1.69 bits per heavy atom. The zero-order valence-corrected chi connectivity index (χ0v) is 19.4. The Kier molecular flexibility index (Phi) is 6.93. The molecule has 7 heteroatoms. The van der Waals surface area contributed by atoms with Crippen LogP contribution in [-0.2, 0) is 11.3 Å². The van der Waals surface area contributed by atoms with Crippen molar-refractivity contribution in [2.75, 3.05) is 18.1 Å². The average molecular weight is 467 g/mol. The van der Waals surface area contributed by atoms with Crippen LogP contribution >= 0.6 is 22.9 Å². The number of hydrogen-bond donors (Lipinski definition) is 0. The van der Waals surface area contributed by atoms with Crippen LogP contribution in [0.15, 0.2) is 66.7 Å². The maximum absolute atomic E-state index is 13.2. The summed E-state index contributed by atoms with van der Waals surface area (Å²) < 4.78 is 12.1. The van der Waals surface area contributed by atoms with Gasteiger partial charge in [-0.15, -0.1) is 0 Å². The molecule has 0 bridgehead atoms. The number of aryl methyl sites for hydroxylation is 1. The Morgan fingerprint density at radius 3 is 2.34 bits per heavy atom. The maximum Gasteiger partial charge on any atom is 0.267 e. The Bertz CT molecular complexity index is 1170. The zero-order chi connectivity index (χ0) is 22.5. The van der Waals surface area contributed by atoms with E-state index < -0.39 is 0 Å². The van der Waals surface area contributed by atoms with Crippen molar-refractivity contribution < 1.29 is 14.3 Å². The molecular formula is C25H23ClN2O3S. The molecule has 0 saturated heterocycles. The molecule has 5 nitrogen and oxygen atoms in total. The fourth-order valence-corrected chi connectivity index (χ4v) is 4.59. The van der Waals surface area contributed by atoms with E-state index in [0.29, 0.717) is 29.1 Å². The van der Waals surface area contributed by atoms with Crippen molar-refractivity contribution in [3.63, 3.8) is 0 Å². The lowest BCUT2D eigenvalue weighted by atomic mass is 10.2.